The maximum atomic E-state index is 10.8. The monoisotopic (exact) mass is 170 g/mol. The fourth-order valence-electron chi connectivity index (χ4n) is 0.567. The number of esters is 1. The number of aromatic amines is 1. The van der Waals surface area contributed by atoms with Crippen LogP contribution in [0.5, 0.6) is 0 Å². The molecule has 0 unspecified atom stereocenters. The molecule has 7 heteroatoms. The first-order valence-electron chi connectivity index (χ1n) is 2.99. The molecule has 0 aliphatic rings. The Kier molecular flexibility index (Phi) is 2.36. The molecule has 0 bridgehead atoms. The second-order valence-corrected chi connectivity index (χ2v) is 1.76. The number of hydrogen-bond donors (Lipinski definition) is 2. The zero-order valence-corrected chi connectivity index (χ0v) is 6.20. The average molecular weight is 170 g/mol. The van der Waals surface area contributed by atoms with Gasteiger partial charge in [0.1, 0.15) is 0 Å². The van der Waals surface area contributed by atoms with E-state index in [4.69, 9.17) is 0 Å². The number of rotatable bonds is 3. The van der Waals surface area contributed by atoms with Crippen molar-refractivity contribution in [3.05, 3.63) is 5.82 Å². The van der Waals surface area contributed by atoms with Crippen molar-refractivity contribution < 1.29 is 14.3 Å². The molecule has 0 radical (unpaired) electrons. The lowest BCUT2D eigenvalue weighted by atomic mass is 10.6. The number of carbonyl (C=O) groups is 2. The van der Waals surface area contributed by atoms with E-state index in [0.29, 0.717) is 6.41 Å². The minimum absolute atomic E-state index is 0.0328. The van der Waals surface area contributed by atoms with Crippen molar-refractivity contribution in [3.8, 4) is 0 Å². The summed E-state index contributed by atoms with van der Waals surface area (Å²) in [5.74, 6) is -0.659. The molecule has 7 nitrogen and oxygen atoms in total. The Bertz CT molecular complexity index is 295. The highest BCUT2D eigenvalue weighted by Crippen LogP contribution is 1.97. The maximum absolute atomic E-state index is 10.8. The summed E-state index contributed by atoms with van der Waals surface area (Å²) in [7, 11) is 1.22. The summed E-state index contributed by atoms with van der Waals surface area (Å²) in [5.41, 5.74) is 0. The van der Waals surface area contributed by atoms with Gasteiger partial charge in [-0.15, -0.1) is 5.10 Å². The van der Waals surface area contributed by atoms with Gasteiger partial charge in [-0.2, -0.15) is 4.98 Å². The van der Waals surface area contributed by atoms with Gasteiger partial charge >= 0.3 is 5.97 Å². The molecule has 2 N–H and O–H groups in total. The van der Waals surface area contributed by atoms with E-state index in [0.717, 1.165) is 0 Å². The smallest absolute Gasteiger partial charge is 0.375 e. The van der Waals surface area contributed by atoms with E-state index in [1.165, 1.54) is 7.11 Å². The largest absolute Gasteiger partial charge is 0.463 e. The minimum atomic E-state index is -0.638. The molecular formula is C5H6N4O3. The number of carbonyl (C=O) groups excluding carboxylic acids is 2. The molecule has 0 saturated heterocycles. The molecule has 0 aromatic carbocycles. The van der Waals surface area contributed by atoms with Crippen LogP contribution in [0.4, 0.5) is 5.95 Å². The zero-order chi connectivity index (χ0) is 8.97. The summed E-state index contributed by atoms with van der Waals surface area (Å²) < 4.78 is 4.34. The number of ether oxygens (including phenoxy) is 1. The lowest BCUT2D eigenvalue weighted by Gasteiger charge is -1.89. The molecule has 1 heterocycles. The van der Waals surface area contributed by atoms with Crippen LogP contribution < -0.4 is 5.32 Å². The fraction of sp³-hybridized carbons (Fsp3) is 0.200. The first kappa shape index (κ1) is 8.18. The predicted molar refractivity (Wildman–Crippen MR) is 37.4 cm³/mol. The molecule has 64 valence electrons. The van der Waals surface area contributed by atoms with E-state index < -0.39 is 5.97 Å². The summed E-state index contributed by atoms with van der Waals surface area (Å²) in [5, 5.41) is 7.94. The van der Waals surface area contributed by atoms with Crippen molar-refractivity contribution in [1.82, 2.24) is 15.2 Å². The van der Waals surface area contributed by atoms with Crippen molar-refractivity contribution in [2.75, 3.05) is 12.4 Å². The fourth-order valence-corrected chi connectivity index (χ4v) is 0.567. The van der Waals surface area contributed by atoms with Gasteiger partial charge in [-0.25, -0.2) is 4.79 Å². The van der Waals surface area contributed by atoms with Gasteiger partial charge in [0.05, 0.1) is 7.11 Å². The van der Waals surface area contributed by atoms with Gasteiger partial charge in [0, 0.05) is 0 Å². The third kappa shape index (κ3) is 1.57. The molecule has 12 heavy (non-hydrogen) atoms. The first-order valence-corrected chi connectivity index (χ1v) is 2.99. The zero-order valence-electron chi connectivity index (χ0n) is 6.20. The maximum Gasteiger partial charge on any atom is 0.375 e. The van der Waals surface area contributed by atoms with Crippen LogP contribution in [-0.4, -0.2) is 34.7 Å². The van der Waals surface area contributed by atoms with E-state index in [-0.39, 0.29) is 11.8 Å². The molecular weight excluding hydrogens is 164 g/mol. The van der Waals surface area contributed by atoms with Gasteiger partial charge in [0.2, 0.25) is 18.2 Å². The van der Waals surface area contributed by atoms with Crippen LogP contribution in [0.2, 0.25) is 0 Å². The van der Waals surface area contributed by atoms with Gasteiger partial charge in [-0.1, -0.05) is 0 Å². The highest BCUT2D eigenvalue weighted by atomic mass is 16.5. The Labute approximate surface area is 67.1 Å². The van der Waals surface area contributed by atoms with Crippen LogP contribution in [0.1, 0.15) is 10.6 Å². The topological polar surface area (TPSA) is 97.0 Å². The lowest BCUT2D eigenvalue weighted by molar-refractivity contribution is -0.105. The van der Waals surface area contributed by atoms with E-state index in [1.54, 1.807) is 0 Å². The van der Waals surface area contributed by atoms with E-state index in [9.17, 15) is 9.59 Å². The van der Waals surface area contributed by atoms with Crippen LogP contribution in [0.3, 0.4) is 0 Å². The molecule has 1 aromatic heterocycles. The van der Waals surface area contributed by atoms with Gasteiger partial charge < -0.3 is 4.74 Å². The normalized spacial score (nSPS) is 9.08. The van der Waals surface area contributed by atoms with Gasteiger partial charge in [-0.3, -0.25) is 15.2 Å². The van der Waals surface area contributed by atoms with Gasteiger partial charge in [0.25, 0.3) is 0 Å². The summed E-state index contributed by atoms with van der Waals surface area (Å²) >= 11 is 0. The van der Waals surface area contributed by atoms with Gasteiger partial charge in [-0.05, 0) is 0 Å². The Hall–Kier alpha value is -1.92. The summed E-state index contributed by atoms with van der Waals surface area (Å²) in [6.07, 6.45) is 0.407. The number of nitrogens with zero attached hydrogens (tertiary/aromatic N) is 2. The van der Waals surface area contributed by atoms with E-state index in [2.05, 4.69) is 25.2 Å². The summed E-state index contributed by atoms with van der Waals surface area (Å²) in [6.45, 7) is 0. The number of nitrogens with one attached hydrogen (secondary N) is 2. The summed E-state index contributed by atoms with van der Waals surface area (Å²) in [4.78, 5) is 24.2. The van der Waals surface area contributed by atoms with Crippen LogP contribution in [0.25, 0.3) is 0 Å². The van der Waals surface area contributed by atoms with E-state index in [1.807, 2.05) is 0 Å². The van der Waals surface area contributed by atoms with Crippen molar-refractivity contribution in [3.63, 3.8) is 0 Å². The molecule has 0 fully saturated rings. The minimum Gasteiger partial charge on any atom is -0.463 e. The highest BCUT2D eigenvalue weighted by molar-refractivity contribution is 5.85. The second kappa shape index (κ2) is 3.46. The average Bonchev–Trinajstić information content (AvgIpc) is 2.52. The standard InChI is InChI=1S/C5H6N4O3/c1-12-4(11)3-7-5(6-2-10)9-8-3/h2H,1H3,(H2,6,7,8,9,10). The Morgan fingerprint density at radius 1 is 1.75 bits per heavy atom. The number of aromatic nitrogens is 3. The van der Waals surface area contributed by atoms with Crippen molar-refractivity contribution >= 4 is 18.3 Å². The third-order valence-corrected chi connectivity index (χ3v) is 1.05. The second-order valence-electron chi connectivity index (χ2n) is 1.76. The number of methoxy groups -OCH3 is 1. The van der Waals surface area contributed by atoms with Crippen molar-refractivity contribution in [2.24, 2.45) is 0 Å². The Morgan fingerprint density at radius 3 is 3.08 bits per heavy atom. The molecule has 1 amide bonds. The predicted octanol–water partition coefficient (Wildman–Crippen LogP) is -0.840. The molecule has 1 aromatic rings. The Balaban J connectivity index is 2.76. The molecule has 0 spiro atoms. The third-order valence-electron chi connectivity index (χ3n) is 1.05. The van der Waals surface area contributed by atoms with Crippen LogP contribution >= 0.6 is 0 Å². The van der Waals surface area contributed by atoms with E-state index >= 15 is 0 Å². The quantitative estimate of drug-likeness (QED) is 0.455. The number of anilines is 1. The molecule has 0 aliphatic carbocycles. The molecule has 0 aliphatic heterocycles. The van der Waals surface area contributed by atoms with Crippen LogP contribution in [0.15, 0.2) is 0 Å². The van der Waals surface area contributed by atoms with Crippen molar-refractivity contribution in [1.29, 1.82) is 0 Å². The number of H-pyrrole nitrogens is 1. The van der Waals surface area contributed by atoms with Crippen molar-refractivity contribution in [2.45, 2.75) is 0 Å². The van der Waals surface area contributed by atoms with Gasteiger partial charge in [0.15, 0.2) is 0 Å². The van der Waals surface area contributed by atoms with Crippen LogP contribution in [0, 0.1) is 0 Å². The summed E-state index contributed by atoms with van der Waals surface area (Å²) in [6, 6.07) is 0. The highest BCUT2D eigenvalue weighted by Gasteiger charge is 2.10. The Morgan fingerprint density at radius 2 is 2.50 bits per heavy atom. The van der Waals surface area contributed by atoms with Crippen LogP contribution in [-0.2, 0) is 9.53 Å². The number of hydrogen-bond acceptors (Lipinski definition) is 5. The molecule has 0 atom stereocenters. The molecule has 1 rings (SSSR count). The number of amides is 1. The SMILES string of the molecule is COC(=O)c1nc(NC=O)n[nH]1. The lowest BCUT2D eigenvalue weighted by Crippen LogP contribution is -2.03. The first-order chi connectivity index (χ1) is 5.77. The molecule has 0 saturated carbocycles.